The summed E-state index contributed by atoms with van der Waals surface area (Å²) in [5, 5.41) is 9.95. The van der Waals surface area contributed by atoms with E-state index in [0.29, 0.717) is 10.5 Å². The van der Waals surface area contributed by atoms with Gasteiger partial charge in [0.1, 0.15) is 11.5 Å². The van der Waals surface area contributed by atoms with Crippen molar-refractivity contribution in [1.82, 2.24) is 0 Å². The lowest BCUT2D eigenvalue weighted by Gasteiger charge is -2.36. The van der Waals surface area contributed by atoms with E-state index in [0.717, 1.165) is 33.5 Å². The normalized spacial score (nSPS) is 15.4. The average molecular weight is 483 g/mol. The summed E-state index contributed by atoms with van der Waals surface area (Å²) >= 11 is 0. The summed E-state index contributed by atoms with van der Waals surface area (Å²) in [5.74, 6) is -8.12. The lowest BCUT2D eigenvalue weighted by molar-refractivity contribution is -0.139. The molecule has 0 saturated carbocycles. The van der Waals surface area contributed by atoms with Gasteiger partial charge in [0.2, 0.25) is 0 Å². The Morgan fingerprint density at radius 1 is 0.914 bits per heavy atom. The number of nitrogens with two attached hydrogens (primary N) is 1. The highest BCUT2D eigenvalue weighted by Gasteiger charge is 2.44. The van der Waals surface area contributed by atoms with Gasteiger partial charge in [0, 0.05) is 0 Å². The third-order valence-electron chi connectivity index (χ3n) is 5.32. The predicted molar refractivity (Wildman–Crippen MR) is 117 cm³/mol. The maximum Gasteiger partial charge on any atom is 0.355 e. The van der Waals surface area contributed by atoms with E-state index < -0.39 is 58.2 Å². The molecule has 2 N–H and O–H groups in total. The molecule has 180 valence electrons. The number of rotatable bonds is 5. The van der Waals surface area contributed by atoms with E-state index in [-0.39, 0.29) is 11.1 Å². The Labute approximate surface area is 198 Å². The number of ether oxygens (including phenoxy) is 3. The Morgan fingerprint density at radius 3 is 2.06 bits per heavy atom. The van der Waals surface area contributed by atoms with Crippen molar-refractivity contribution >= 4 is 23.6 Å². The highest BCUT2D eigenvalue weighted by atomic mass is 19.2. The van der Waals surface area contributed by atoms with Gasteiger partial charge in [-0.05, 0) is 17.7 Å². The van der Waals surface area contributed by atoms with E-state index in [1.165, 1.54) is 0 Å². The van der Waals surface area contributed by atoms with Crippen molar-refractivity contribution in [2.24, 2.45) is 5.73 Å². The van der Waals surface area contributed by atoms with E-state index in [9.17, 15) is 24.0 Å². The quantitative estimate of drug-likeness (QED) is 0.503. The Morgan fingerprint density at radius 2 is 1.51 bits per heavy atom. The van der Waals surface area contributed by atoms with Crippen LogP contribution in [0, 0.1) is 23.0 Å². The third-order valence-corrected chi connectivity index (χ3v) is 5.32. The molecule has 11 heteroatoms. The smallest absolute Gasteiger partial charge is 0.355 e. The number of benzene rings is 2. The maximum absolute atomic E-state index is 15.2. The van der Waals surface area contributed by atoms with Gasteiger partial charge in [-0.2, -0.15) is 5.26 Å². The number of methoxy groups -OCH3 is 3. The van der Waals surface area contributed by atoms with Crippen LogP contribution in [0.3, 0.4) is 0 Å². The summed E-state index contributed by atoms with van der Waals surface area (Å²) in [5.41, 5.74) is 4.06. The zero-order valence-corrected chi connectivity index (χ0v) is 18.8. The van der Waals surface area contributed by atoms with E-state index >= 15 is 4.39 Å². The Balaban J connectivity index is 2.43. The molecule has 3 rings (SSSR count). The van der Waals surface area contributed by atoms with Gasteiger partial charge in [0.15, 0.2) is 11.6 Å². The monoisotopic (exact) mass is 483 g/mol. The molecule has 0 fully saturated rings. The summed E-state index contributed by atoms with van der Waals surface area (Å²) in [4.78, 5) is 38.3. The molecule has 0 amide bonds. The fourth-order valence-electron chi connectivity index (χ4n) is 3.74. The van der Waals surface area contributed by atoms with Gasteiger partial charge >= 0.3 is 17.9 Å². The molecule has 1 heterocycles. The van der Waals surface area contributed by atoms with Gasteiger partial charge < -0.3 is 19.9 Å². The standard InChI is InChI=1S/C24H19F2N3O6/c1-33-22(30)13-9-10-15(19(26)18(13)25)29-20(24(32)35-3)17(23(31)34-2)16(14(11-27)21(29)28)12-7-5-4-6-8-12/h4-10,16H,28H2,1-3H3. The van der Waals surface area contributed by atoms with Crippen molar-refractivity contribution in [2.45, 2.75) is 5.92 Å². The second-order valence-corrected chi connectivity index (χ2v) is 7.09. The topological polar surface area (TPSA) is 132 Å². The van der Waals surface area contributed by atoms with Gasteiger partial charge in [-0.3, -0.25) is 4.90 Å². The van der Waals surface area contributed by atoms with Crippen LogP contribution in [0.15, 0.2) is 65.1 Å². The zero-order valence-electron chi connectivity index (χ0n) is 18.8. The fourth-order valence-corrected chi connectivity index (χ4v) is 3.74. The number of carbonyl (C=O) groups excluding carboxylic acids is 3. The van der Waals surface area contributed by atoms with Gasteiger partial charge in [0.05, 0.1) is 55.7 Å². The van der Waals surface area contributed by atoms with Crippen LogP contribution >= 0.6 is 0 Å². The van der Waals surface area contributed by atoms with E-state index in [1.54, 1.807) is 30.3 Å². The van der Waals surface area contributed by atoms with Crippen molar-refractivity contribution < 1.29 is 37.4 Å². The highest BCUT2D eigenvalue weighted by Crippen LogP contribution is 2.44. The number of allylic oxidation sites excluding steroid dienone is 1. The largest absolute Gasteiger partial charge is 0.466 e. The zero-order chi connectivity index (χ0) is 25.9. The molecule has 1 unspecified atom stereocenters. The Kier molecular flexibility index (Phi) is 7.15. The first-order valence-electron chi connectivity index (χ1n) is 9.95. The number of esters is 3. The number of hydrogen-bond donors (Lipinski definition) is 1. The van der Waals surface area contributed by atoms with Crippen LogP contribution in [0.5, 0.6) is 0 Å². The van der Waals surface area contributed by atoms with Crippen LogP contribution in [0.1, 0.15) is 21.8 Å². The predicted octanol–water partition coefficient (Wildman–Crippen LogP) is 2.65. The van der Waals surface area contributed by atoms with Crippen molar-refractivity contribution in [2.75, 3.05) is 26.2 Å². The summed E-state index contributed by atoms with van der Waals surface area (Å²) in [6.07, 6.45) is 0. The molecular formula is C24H19F2N3O6. The molecule has 35 heavy (non-hydrogen) atoms. The second-order valence-electron chi connectivity index (χ2n) is 7.09. The van der Waals surface area contributed by atoms with Crippen LogP contribution in [-0.2, 0) is 23.8 Å². The first kappa shape index (κ1) is 24.9. The molecule has 0 bridgehead atoms. The fraction of sp³-hybridized carbons (Fsp3) is 0.167. The molecule has 0 saturated heterocycles. The minimum absolute atomic E-state index is 0.235. The second kappa shape index (κ2) is 10.0. The van der Waals surface area contributed by atoms with Crippen LogP contribution in [0.4, 0.5) is 14.5 Å². The van der Waals surface area contributed by atoms with E-state index in [1.807, 2.05) is 6.07 Å². The lowest BCUT2D eigenvalue weighted by atomic mass is 9.81. The molecule has 0 spiro atoms. The van der Waals surface area contributed by atoms with Crippen LogP contribution < -0.4 is 10.6 Å². The van der Waals surface area contributed by atoms with E-state index in [2.05, 4.69) is 4.74 Å². The van der Waals surface area contributed by atoms with Gasteiger partial charge in [-0.25, -0.2) is 23.2 Å². The Bertz CT molecular complexity index is 1310. The number of anilines is 1. The molecule has 0 radical (unpaired) electrons. The van der Waals surface area contributed by atoms with Gasteiger partial charge in [-0.15, -0.1) is 0 Å². The summed E-state index contributed by atoms with van der Waals surface area (Å²) in [6.45, 7) is 0. The summed E-state index contributed by atoms with van der Waals surface area (Å²) in [7, 11) is 3.05. The number of carbonyl (C=O) groups is 3. The summed E-state index contributed by atoms with van der Waals surface area (Å²) < 4.78 is 44.1. The van der Waals surface area contributed by atoms with Crippen molar-refractivity contribution in [3.8, 4) is 6.07 Å². The molecule has 2 aromatic rings. The first-order chi connectivity index (χ1) is 16.7. The molecule has 1 atom stereocenters. The van der Waals surface area contributed by atoms with Gasteiger partial charge in [-0.1, -0.05) is 30.3 Å². The molecule has 9 nitrogen and oxygen atoms in total. The molecular weight excluding hydrogens is 464 g/mol. The average Bonchev–Trinajstić information content (AvgIpc) is 2.88. The summed E-state index contributed by atoms with van der Waals surface area (Å²) in [6, 6.07) is 11.9. The van der Waals surface area contributed by atoms with Crippen molar-refractivity contribution in [3.05, 3.63) is 87.9 Å². The Hall–Kier alpha value is -4.72. The molecule has 1 aliphatic heterocycles. The SMILES string of the molecule is COC(=O)C1=C(C(=O)OC)N(c2ccc(C(=O)OC)c(F)c2F)C(N)=C(C#N)C1c1ccccc1. The van der Waals surface area contributed by atoms with Crippen molar-refractivity contribution in [3.63, 3.8) is 0 Å². The van der Waals surface area contributed by atoms with Crippen molar-refractivity contribution in [1.29, 1.82) is 5.26 Å². The number of nitriles is 1. The van der Waals surface area contributed by atoms with Gasteiger partial charge in [0.25, 0.3) is 0 Å². The molecule has 2 aromatic carbocycles. The number of halogens is 2. The first-order valence-corrected chi connectivity index (χ1v) is 9.95. The minimum atomic E-state index is -1.59. The van der Waals surface area contributed by atoms with Crippen LogP contribution in [-0.4, -0.2) is 39.2 Å². The molecule has 0 aliphatic carbocycles. The third kappa shape index (κ3) is 4.17. The maximum atomic E-state index is 15.2. The number of nitrogens with zero attached hydrogens (tertiary/aromatic N) is 2. The minimum Gasteiger partial charge on any atom is -0.466 e. The molecule has 1 aliphatic rings. The van der Waals surface area contributed by atoms with Crippen LogP contribution in [0.25, 0.3) is 0 Å². The van der Waals surface area contributed by atoms with E-state index in [4.69, 9.17) is 15.2 Å². The lowest BCUT2D eigenvalue weighted by Crippen LogP contribution is -2.41. The molecule has 0 aromatic heterocycles. The highest BCUT2D eigenvalue weighted by molar-refractivity contribution is 6.06. The van der Waals surface area contributed by atoms with Crippen LogP contribution in [0.2, 0.25) is 0 Å². The number of hydrogen-bond acceptors (Lipinski definition) is 9.